The summed E-state index contributed by atoms with van der Waals surface area (Å²) in [4.78, 5) is 13.8. The zero-order valence-electron chi connectivity index (χ0n) is 17.3. The van der Waals surface area contributed by atoms with Gasteiger partial charge in [-0.25, -0.2) is 8.42 Å². The average Bonchev–Trinajstić information content (AvgIpc) is 2.70. The lowest BCUT2D eigenvalue weighted by Crippen LogP contribution is -3.15. The van der Waals surface area contributed by atoms with Gasteiger partial charge in [0.2, 0.25) is 10.0 Å². The minimum absolute atomic E-state index is 0.204. The number of rotatable bonds is 5. The van der Waals surface area contributed by atoms with Gasteiger partial charge < -0.3 is 10.2 Å². The van der Waals surface area contributed by atoms with E-state index in [1.807, 2.05) is 26.8 Å². The van der Waals surface area contributed by atoms with E-state index in [9.17, 15) is 13.2 Å². The van der Waals surface area contributed by atoms with E-state index in [0.717, 1.165) is 21.6 Å². The van der Waals surface area contributed by atoms with Gasteiger partial charge in [-0.3, -0.25) is 4.79 Å². The molecule has 6 nitrogen and oxygen atoms in total. The predicted octanol–water partition coefficient (Wildman–Crippen LogP) is 2.45. The molecule has 0 spiro atoms. The molecule has 1 heterocycles. The quantitative estimate of drug-likeness (QED) is 0.704. The molecule has 1 aliphatic heterocycles. The number of benzene rings is 2. The molecular formula is C21H26Cl2N3O3S+. The molecule has 1 amide bonds. The van der Waals surface area contributed by atoms with Crippen LogP contribution in [0.2, 0.25) is 10.0 Å². The van der Waals surface area contributed by atoms with Gasteiger partial charge >= 0.3 is 0 Å². The van der Waals surface area contributed by atoms with Crippen molar-refractivity contribution in [3.8, 4) is 0 Å². The molecule has 0 aliphatic carbocycles. The number of nitrogens with one attached hydrogen (secondary N) is 2. The van der Waals surface area contributed by atoms with Gasteiger partial charge in [0, 0.05) is 0 Å². The maximum atomic E-state index is 12.9. The highest BCUT2D eigenvalue weighted by Gasteiger charge is 2.31. The molecule has 3 rings (SSSR count). The molecule has 2 aromatic carbocycles. The number of carbonyl (C=O) groups is 1. The highest BCUT2D eigenvalue weighted by molar-refractivity contribution is 7.89. The Labute approximate surface area is 187 Å². The molecule has 2 aromatic rings. The Hall–Kier alpha value is -1.64. The molecule has 0 unspecified atom stereocenters. The van der Waals surface area contributed by atoms with Gasteiger partial charge in [0.25, 0.3) is 5.91 Å². The van der Waals surface area contributed by atoms with Gasteiger partial charge in [-0.15, -0.1) is 0 Å². The summed E-state index contributed by atoms with van der Waals surface area (Å²) < 4.78 is 27.4. The van der Waals surface area contributed by atoms with Gasteiger partial charge in [0.05, 0.1) is 46.8 Å². The SMILES string of the molecule is Cc1ccc(S(=O)(=O)N2CC[NH+](CC(=O)Nc3c(Cl)ccc(C)c3Cl)CC2)cc1C. The fourth-order valence-corrected chi connectivity index (χ4v) is 5.42. The maximum Gasteiger partial charge on any atom is 0.279 e. The summed E-state index contributed by atoms with van der Waals surface area (Å²) in [7, 11) is -3.53. The number of piperazine rings is 1. The number of nitrogens with zero attached hydrogens (tertiary/aromatic N) is 1. The second kappa shape index (κ2) is 9.24. The molecule has 9 heteroatoms. The number of hydrogen-bond donors (Lipinski definition) is 2. The summed E-state index contributed by atoms with van der Waals surface area (Å²) in [5.41, 5.74) is 3.25. The Morgan fingerprint density at radius 2 is 1.67 bits per heavy atom. The minimum Gasteiger partial charge on any atom is -0.325 e. The van der Waals surface area contributed by atoms with E-state index < -0.39 is 10.0 Å². The van der Waals surface area contributed by atoms with Crippen molar-refractivity contribution < 1.29 is 18.1 Å². The topological polar surface area (TPSA) is 70.9 Å². The Kier molecular flexibility index (Phi) is 7.09. The van der Waals surface area contributed by atoms with Crippen molar-refractivity contribution in [1.29, 1.82) is 0 Å². The van der Waals surface area contributed by atoms with Crippen LogP contribution in [0.15, 0.2) is 35.2 Å². The second-order valence-electron chi connectivity index (χ2n) is 7.68. The molecule has 1 aliphatic rings. The van der Waals surface area contributed by atoms with Crippen LogP contribution in [0.1, 0.15) is 16.7 Å². The number of quaternary nitrogens is 1. The normalized spacial score (nSPS) is 15.9. The summed E-state index contributed by atoms with van der Waals surface area (Å²) in [6, 6.07) is 8.68. The largest absolute Gasteiger partial charge is 0.325 e. The number of sulfonamides is 1. The van der Waals surface area contributed by atoms with Crippen molar-refractivity contribution in [2.45, 2.75) is 25.7 Å². The van der Waals surface area contributed by atoms with Crippen LogP contribution in [-0.4, -0.2) is 51.4 Å². The van der Waals surface area contributed by atoms with Crippen molar-refractivity contribution in [3.05, 3.63) is 57.1 Å². The Morgan fingerprint density at radius 1 is 1.03 bits per heavy atom. The number of carbonyl (C=O) groups excluding carboxylic acids is 1. The van der Waals surface area contributed by atoms with Crippen LogP contribution >= 0.6 is 23.2 Å². The van der Waals surface area contributed by atoms with Crippen LogP contribution in [0.5, 0.6) is 0 Å². The zero-order valence-corrected chi connectivity index (χ0v) is 19.6. The Balaban J connectivity index is 1.60. The number of anilines is 1. The Morgan fingerprint density at radius 3 is 2.30 bits per heavy atom. The van der Waals surface area contributed by atoms with E-state index in [1.165, 1.54) is 4.31 Å². The van der Waals surface area contributed by atoms with E-state index in [4.69, 9.17) is 23.2 Å². The summed E-state index contributed by atoms with van der Waals surface area (Å²) in [6.07, 6.45) is 0. The van der Waals surface area contributed by atoms with Crippen LogP contribution in [0.4, 0.5) is 5.69 Å². The number of halogens is 2. The molecule has 0 aromatic heterocycles. The minimum atomic E-state index is -3.53. The van der Waals surface area contributed by atoms with Gasteiger partial charge in [0.15, 0.2) is 6.54 Å². The molecule has 1 saturated heterocycles. The lowest BCUT2D eigenvalue weighted by atomic mass is 10.1. The van der Waals surface area contributed by atoms with E-state index in [0.29, 0.717) is 46.8 Å². The summed E-state index contributed by atoms with van der Waals surface area (Å²) in [5.74, 6) is -0.204. The van der Waals surface area contributed by atoms with Gasteiger partial charge in [-0.05, 0) is 55.7 Å². The van der Waals surface area contributed by atoms with Crippen LogP contribution in [-0.2, 0) is 14.8 Å². The second-order valence-corrected chi connectivity index (χ2v) is 10.4. The van der Waals surface area contributed by atoms with Gasteiger partial charge in [-0.1, -0.05) is 35.3 Å². The fourth-order valence-electron chi connectivity index (χ4n) is 3.42. The number of amides is 1. The van der Waals surface area contributed by atoms with Gasteiger partial charge in [-0.2, -0.15) is 4.31 Å². The third kappa shape index (κ3) is 4.98. The molecular weight excluding hydrogens is 445 g/mol. The van der Waals surface area contributed by atoms with E-state index >= 15 is 0 Å². The third-order valence-electron chi connectivity index (χ3n) is 5.50. The van der Waals surface area contributed by atoms with E-state index in [1.54, 1.807) is 24.3 Å². The molecule has 0 atom stereocenters. The number of hydrogen-bond acceptors (Lipinski definition) is 3. The monoisotopic (exact) mass is 470 g/mol. The first-order valence-corrected chi connectivity index (χ1v) is 11.9. The van der Waals surface area contributed by atoms with Crippen molar-refractivity contribution in [1.82, 2.24) is 4.31 Å². The molecule has 0 bridgehead atoms. The first-order chi connectivity index (χ1) is 14.1. The maximum absolute atomic E-state index is 12.9. The predicted molar refractivity (Wildman–Crippen MR) is 120 cm³/mol. The van der Waals surface area contributed by atoms with E-state index in [-0.39, 0.29) is 12.5 Å². The third-order valence-corrected chi connectivity index (χ3v) is 8.20. The molecule has 1 fully saturated rings. The highest BCUT2D eigenvalue weighted by atomic mass is 35.5. The van der Waals surface area contributed by atoms with Crippen molar-refractivity contribution in [3.63, 3.8) is 0 Å². The van der Waals surface area contributed by atoms with Crippen LogP contribution in [0.25, 0.3) is 0 Å². The molecule has 30 heavy (non-hydrogen) atoms. The number of aryl methyl sites for hydroxylation is 3. The van der Waals surface area contributed by atoms with Crippen LogP contribution in [0.3, 0.4) is 0 Å². The summed E-state index contributed by atoms with van der Waals surface area (Å²) in [6.45, 7) is 7.75. The average molecular weight is 471 g/mol. The summed E-state index contributed by atoms with van der Waals surface area (Å²) in [5, 5.41) is 3.60. The Bertz CT molecular complexity index is 1070. The van der Waals surface area contributed by atoms with Crippen LogP contribution in [0, 0.1) is 20.8 Å². The smallest absolute Gasteiger partial charge is 0.279 e. The zero-order chi connectivity index (χ0) is 22.1. The van der Waals surface area contributed by atoms with Crippen LogP contribution < -0.4 is 10.2 Å². The van der Waals surface area contributed by atoms with Crippen molar-refractivity contribution in [2.24, 2.45) is 0 Å². The van der Waals surface area contributed by atoms with Gasteiger partial charge in [0.1, 0.15) is 0 Å². The lowest BCUT2D eigenvalue weighted by molar-refractivity contribution is -0.895. The standard InChI is InChI=1S/C21H25Cl2N3O3S/c1-14-4-6-17(12-16(14)3)30(28,29)26-10-8-25(9-11-26)13-19(27)24-21-18(22)7-5-15(2)20(21)23/h4-7,12H,8-11,13H2,1-3H3,(H,24,27)/p+1. The molecule has 162 valence electrons. The molecule has 0 saturated carbocycles. The van der Waals surface area contributed by atoms with Crippen molar-refractivity contribution >= 4 is 44.8 Å². The first-order valence-electron chi connectivity index (χ1n) is 9.75. The molecule has 2 N–H and O–H groups in total. The van der Waals surface area contributed by atoms with Crippen molar-refractivity contribution in [2.75, 3.05) is 38.0 Å². The van der Waals surface area contributed by atoms with E-state index in [2.05, 4.69) is 5.32 Å². The lowest BCUT2D eigenvalue weighted by Gasteiger charge is -2.31. The first kappa shape index (κ1) is 23.0. The molecule has 0 radical (unpaired) electrons. The highest BCUT2D eigenvalue weighted by Crippen LogP contribution is 2.32. The summed E-state index contributed by atoms with van der Waals surface area (Å²) >= 11 is 12.4. The fraction of sp³-hybridized carbons (Fsp3) is 0.381.